The Hall–Kier alpha value is -3.22. The van der Waals surface area contributed by atoms with Crippen LogP contribution in [0.5, 0.6) is 0 Å². The van der Waals surface area contributed by atoms with Gasteiger partial charge in [0.1, 0.15) is 6.61 Å². The lowest BCUT2D eigenvalue weighted by Crippen LogP contribution is -2.06. The van der Waals surface area contributed by atoms with E-state index in [1.54, 1.807) is 18.3 Å². The van der Waals surface area contributed by atoms with E-state index in [-0.39, 0.29) is 18.3 Å². The first-order valence-corrected chi connectivity index (χ1v) is 8.06. The van der Waals surface area contributed by atoms with Gasteiger partial charge in [0.05, 0.1) is 16.8 Å². The number of nitrogens with zero attached hydrogens (tertiary/aromatic N) is 2. The molecule has 0 aliphatic carbocycles. The fourth-order valence-corrected chi connectivity index (χ4v) is 2.67. The maximum Gasteiger partial charge on any atom is 0.302 e. The second-order valence-electron chi connectivity index (χ2n) is 5.98. The monoisotopic (exact) mass is 355 g/mol. The summed E-state index contributed by atoms with van der Waals surface area (Å²) in [6, 6.07) is 8.04. The van der Waals surface area contributed by atoms with Crippen molar-refractivity contribution < 1.29 is 14.5 Å². The minimum absolute atomic E-state index is 0.0277. The SMILES string of the molecule is CC(=O)OCc1c(C)cc(C)c(/C=N\Nc2ccc([N+](=O)[O-])cc2)c1C. The van der Waals surface area contributed by atoms with E-state index in [1.165, 1.54) is 19.1 Å². The Morgan fingerprint density at radius 2 is 1.88 bits per heavy atom. The van der Waals surface area contributed by atoms with Gasteiger partial charge in [0.2, 0.25) is 0 Å². The molecular weight excluding hydrogens is 334 g/mol. The van der Waals surface area contributed by atoms with Crippen molar-refractivity contribution in [3.05, 3.63) is 68.3 Å². The average molecular weight is 355 g/mol. The number of non-ortho nitro benzene ring substituents is 1. The van der Waals surface area contributed by atoms with Gasteiger partial charge in [-0.3, -0.25) is 20.3 Å². The molecule has 2 rings (SSSR count). The van der Waals surface area contributed by atoms with Crippen LogP contribution in [0.1, 0.15) is 34.7 Å². The number of hydrazone groups is 1. The maximum atomic E-state index is 11.1. The Labute approximate surface area is 151 Å². The van der Waals surface area contributed by atoms with E-state index in [1.807, 2.05) is 26.8 Å². The Bertz CT molecular complexity index is 858. The molecule has 7 nitrogen and oxygen atoms in total. The lowest BCUT2D eigenvalue weighted by Gasteiger charge is -2.15. The highest BCUT2D eigenvalue weighted by Crippen LogP contribution is 2.22. The number of aryl methyl sites for hydroxylation is 2. The van der Waals surface area contributed by atoms with E-state index in [0.717, 1.165) is 27.8 Å². The van der Waals surface area contributed by atoms with E-state index in [4.69, 9.17) is 4.74 Å². The van der Waals surface area contributed by atoms with Gasteiger partial charge < -0.3 is 4.74 Å². The number of nitro benzene ring substituents is 1. The van der Waals surface area contributed by atoms with Crippen LogP contribution in [0.2, 0.25) is 0 Å². The Morgan fingerprint density at radius 3 is 2.46 bits per heavy atom. The fourth-order valence-electron chi connectivity index (χ4n) is 2.67. The number of esters is 1. The highest BCUT2D eigenvalue weighted by atomic mass is 16.6. The number of hydrogen-bond donors (Lipinski definition) is 1. The van der Waals surface area contributed by atoms with Crippen molar-refractivity contribution in [2.75, 3.05) is 5.43 Å². The first-order valence-electron chi connectivity index (χ1n) is 8.06. The van der Waals surface area contributed by atoms with Gasteiger partial charge in [-0.25, -0.2) is 0 Å². The van der Waals surface area contributed by atoms with Crippen LogP contribution < -0.4 is 5.43 Å². The molecule has 7 heteroatoms. The molecule has 0 unspecified atom stereocenters. The number of ether oxygens (including phenoxy) is 1. The van der Waals surface area contributed by atoms with Crippen LogP contribution in [-0.4, -0.2) is 17.1 Å². The van der Waals surface area contributed by atoms with E-state index < -0.39 is 4.92 Å². The third kappa shape index (κ3) is 4.66. The number of rotatable bonds is 6. The number of nitro groups is 1. The summed E-state index contributed by atoms with van der Waals surface area (Å²) >= 11 is 0. The van der Waals surface area contributed by atoms with Crippen LogP contribution >= 0.6 is 0 Å². The van der Waals surface area contributed by atoms with E-state index in [9.17, 15) is 14.9 Å². The van der Waals surface area contributed by atoms with Crippen LogP contribution in [0.4, 0.5) is 11.4 Å². The fraction of sp³-hybridized carbons (Fsp3) is 0.263. The van der Waals surface area contributed by atoms with Crippen molar-refractivity contribution >= 4 is 23.6 Å². The topological polar surface area (TPSA) is 93.8 Å². The molecule has 0 saturated heterocycles. The van der Waals surface area contributed by atoms with Gasteiger partial charge in [-0.2, -0.15) is 5.10 Å². The summed E-state index contributed by atoms with van der Waals surface area (Å²) in [4.78, 5) is 21.3. The summed E-state index contributed by atoms with van der Waals surface area (Å²) in [5.74, 6) is -0.320. The summed E-state index contributed by atoms with van der Waals surface area (Å²) in [5.41, 5.74) is 8.54. The van der Waals surface area contributed by atoms with Gasteiger partial charge in [0.25, 0.3) is 5.69 Å². The first kappa shape index (κ1) is 19.1. The number of carbonyl (C=O) groups excluding carboxylic acids is 1. The lowest BCUT2D eigenvalue weighted by atomic mass is 9.94. The largest absolute Gasteiger partial charge is 0.461 e. The van der Waals surface area contributed by atoms with Gasteiger partial charge in [-0.15, -0.1) is 0 Å². The highest BCUT2D eigenvalue weighted by Gasteiger charge is 2.11. The minimum Gasteiger partial charge on any atom is -0.461 e. The molecule has 0 aliphatic heterocycles. The van der Waals surface area contributed by atoms with Crippen molar-refractivity contribution in [3.63, 3.8) is 0 Å². The Kier molecular flexibility index (Phi) is 6.06. The molecular formula is C19H21N3O4. The third-order valence-corrected chi connectivity index (χ3v) is 4.08. The number of hydrogen-bond acceptors (Lipinski definition) is 6. The van der Waals surface area contributed by atoms with Crippen LogP contribution in [0.3, 0.4) is 0 Å². The molecule has 2 aromatic rings. The molecule has 0 saturated carbocycles. The molecule has 0 aromatic heterocycles. The van der Waals surface area contributed by atoms with Crippen molar-refractivity contribution in [1.29, 1.82) is 0 Å². The van der Waals surface area contributed by atoms with Gasteiger partial charge in [-0.1, -0.05) is 6.07 Å². The van der Waals surface area contributed by atoms with E-state index in [0.29, 0.717) is 5.69 Å². The van der Waals surface area contributed by atoms with Gasteiger partial charge in [0, 0.05) is 24.6 Å². The number of benzene rings is 2. The quantitative estimate of drug-likeness (QED) is 0.365. The van der Waals surface area contributed by atoms with Crippen molar-refractivity contribution in [2.45, 2.75) is 34.3 Å². The second-order valence-corrected chi connectivity index (χ2v) is 5.98. The molecule has 1 N–H and O–H groups in total. The van der Waals surface area contributed by atoms with Crippen molar-refractivity contribution in [1.82, 2.24) is 0 Å². The molecule has 0 fully saturated rings. The smallest absolute Gasteiger partial charge is 0.302 e. The standard InChI is InChI=1S/C19H21N3O4/c1-12-9-13(2)19(11-26-15(4)23)14(3)18(12)10-20-21-16-5-7-17(8-6-16)22(24)25/h5-10,21H,11H2,1-4H3/b20-10-. The van der Waals surface area contributed by atoms with Gasteiger partial charge >= 0.3 is 5.97 Å². The minimum atomic E-state index is -0.448. The maximum absolute atomic E-state index is 11.1. The molecule has 0 bridgehead atoms. The summed E-state index contributed by atoms with van der Waals surface area (Å²) in [5, 5.41) is 14.9. The van der Waals surface area contributed by atoms with Crippen LogP contribution in [0, 0.1) is 30.9 Å². The molecule has 136 valence electrons. The van der Waals surface area contributed by atoms with Crippen LogP contribution in [-0.2, 0) is 16.1 Å². The molecule has 0 aliphatic rings. The zero-order valence-corrected chi connectivity index (χ0v) is 15.2. The van der Waals surface area contributed by atoms with Gasteiger partial charge in [-0.05, 0) is 55.2 Å². The molecule has 0 heterocycles. The molecule has 0 radical (unpaired) electrons. The lowest BCUT2D eigenvalue weighted by molar-refractivity contribution is -0.384. The van der Waals surface area contributed by atoms with E-state index in [2.05, 4.69) is 10.5 Å². The van der Waals surface area contributed by atoms with E-state index >= 15 is 0 Å². The summed E-state index contributed by atoms with van der Waals surface area (Å²) in [6.45, 7) is 7.54. The summed E-state index contributed by atoms with van der Waals surface area (Å²) < 4.78 is 5.13. The first-order chi connectivity index (χ1) is 12.3. The van der Waals surface area contributed by atoms with Crippen LogP contribution in [0.25, 0.3) is 0 Å². The number of anilines is 1. The Morgan fingerprint density at radius 1 is 1.23 bits per heavy atom. The number of carbonyl (C=O) groups is 1. The highest BCUT2D eigenvalue weighted by molar-refractivity contribution is 5.85. The molecule has 2 aromatic carbocycles. The average Bonchev–Trinajstić information content (AvgIpc) is 2.57. The Balaban J connectivity index is 2.19. The predicted octanol–water partition coefficient (Wildman–Crippen LogP) is 4.03. The normalized spacial score (nSPS) is 10.8. The van der Waals surface area contributed by atoms with Crippen LogP contribution in [0.15, 0.2) is 35.4 Å². The van der Waals surface area contributed by atoms with Crippen molar-refractivity contribution in [3.8, 4) is 0 Å². The third-order valence-electron chi connectivity index (χ3n) is 4.08. The van der Waals surface area contributed by atoms with Gasteiger partial charge in [0.15, 0.2) is 0 Å². The molecule has 0 atom stereocenters. The second kappa shape index (κ2) is 8.24. The van der Waals surface area contributed by atoms with Crippen molar-refractivity contribution in [2.24, 2.45) is 5.10 Å². The number of nitrogens with one attached hydrogen (secondary N) is 1. The molecule has 0 spiro atoms. The summed E-state index contributed by atoms with van der Waals surface area (Å²) in [7, 11) is 0. The zero-order valence-electron chi connectivity index (χ0n) is 15.2. The predicted molar refractivity (Wildman–Crippen MR) is 100 cm³/mol. The molecule has 26 heavy (non-hydrogen) atoms. The zero-order chi connectivity index (χ0) is 19.3. The molecule has 0 amide bonds. The summed E-state index contributed by atoms with van der Waals surface area (Å²) in [6.07, 6.45) is 1.70.